The van der Waals surface area contributed by atoms with Crippen LogP contribution >= 0.6 is 11.6 Å². The standard InChI is InChI=1S/C13H16ClNO4S/c14-10-2-1-3-12(8-10)19-6-4-13(16)15-11-5-7-20(17,18)9-11/h1-3,8,11H,4-7,9H2,(H,15,16)/t11-/m1/s1. The van der Waals surface area contributed by atoms with Gasteiger partial charge in [-0.05, 0) is 24.6 Å². The summed E-state index contributed by atoms with van der Waals surface area (Å²) in [5.74, 6) is 0.591. The molecule has 1 aliphatic heterocycles. The van der Waals surface area contributed by atoms with Crippen LogP contribution in [-0.4, -0.2) is 38.5 Å². The number of amides is 1. The molecule has 0 spiro atoms. The second-order valence-corrected chi connectivity index (χ2v) is 7.39. The minimum Gasteiger partial charge on any atom is -0.493 e. The molecule has 0 aromatic heterocycles. The number of hydrogen-bond donors (Lipinski definition) is 1. The zero-order chi connectivity index (χ0) is 14.6. The molecule has 1 amide bonds. The van der Waals surface area contributed by atoms with E-state index in [1.807, 2.05) is 0 Å². The van der Waals surface area contributed by atoms with E-state index in [0.29, 0.717) is 17.2 Å². The van der Waals surface area contributed by atoms with Crippen molar-refractivity contribution in [2.24, 2.45) is 0 Å². The van der Waals surface area contributed by atoms with Crippen LogP contribution in [-0.2, 0) is 14.6 Å². The predicted molar refractivity (Wildman–Crippen MR) is 76.8 cm³/mol. The summed E-state index contributed by atoms with van der Waals surface area (Å²) >= 11 is 5.81. The van der Waals surface area contributed by atoms with E-state index in [2.05, 4.69) is 5.32 Å². The fourth-order valence-electron chi connectivity index (χ4n) is 2.03. The van der Waals surface area contributed by atoms with Crippen LogP contribution in [0.4, 0.5) is 0 Å². The van der Waals surface area contributed by atoms with Gasteiger partial charge in [0.05, 0.1) is 24.5 Å². The number of benzene rings is 1. The molecule has 0 aliphatic carbocycles. The van der Waals surface area contributed by atoms with Crippen LogP contribution in [0.3, 0.4) is 0 Å². The first-order chi connectivity index (χ1) is 9.44. The van der Waals surface area contributed by atoms with E-state index >= 15 is 0 Å². The Kier molecular flexibility index (Phi) is 4.88. The van der Waals surface area contributed by atoms with Crippen LogP contribution in [0.25, 0.3) is 0 Å². The van der Waals surface area contributed by atoms with E-state index in [0.717, 1.165) is 0 Å². The van der Waals surface area contributed by atoms with Gasteiger partial charge in [0.1, 0.15) is 5.75 Å². The highest BCUT2D eigenvalue weighted by Crippen LogP contribution is 2.17. The van der Waals surface area contributed by atoms with Gasteiger partial charge in [-0.25, -0.2) is 8.42 Å². The molecule has 1 fully saturated rings. The van der Waals surface area contributed by atoms with E-state index in [1.54, 1.807) is 24.3 Å². The molecule has 2 rings (SSSR count). The quantitative estimate of drug-likeness (QED) is 0.891. The Bertz CT molecular complexity index is 588. The first-order valence-corrected chi connectivity index (χ1v) is 8.53. The third-order valence-electron chi connectivity index (χ3n) is 2.99. The molecule has 20 heavy (non-hydrogen) atoms. The van der Waals surface area contributed by atoms with Crippen LogP contribution in [0.5, 0.6) is 5.75 Å². The van der Waals surface area contributed by atoms with Gasteiger partial charge >= 0.3 is 0 Å². The Labute approximate surface area is 123 Å². The molecule has 0 radical (unpaired) electrons. The van der Waals surface area contributed by atoms with Crippen molar-refractivity contribution in [2.75, 3.05) is 18.1 Å². The highest BCUT2D eigenvalue weighted by molar-refractivity contribution is 7.91. The van der Waals surface area contributed by atoms with Gasteiger partial charge in [-0.15, -0.1) is 0 Å². The minimum absolute atomic E-state index is 0.0356. The Morgan fingerprint density at radius 3 is 2.90 bits per heavy atom. The van der Waals surface area contributed by atoms with Gasteiger partial charge in [0.15, 0.2) is 9.84 Å². The number of halogens is 1. The maximum absolute atomic E-state index is 11.7. The van der Waals surface area contributed by atoms with Crippen molar-refractivity contribution < 1.29 is 17.9 Å². The third kappa shape index (κ3) is 4.68. The van der Waals surface area contributed by atoms with Crippen LogP contribution in [0, 0.1) is 0 Å². The largest absolute Gasteiger partial charge is 0.493 e. The van der Waals surface area contributed by atoms with Gasteiger partial charge in [0.25, 0.3) is 0 Å². The zero-order valence-corrected chi connectivity index (χ0v) is 12.4. The van der Waals surface area contributed by atoms with Crippen molar-refractivity contribution in [2.45, 2.75) is 18.9 Å². The predicted octanol–water partition coefficient (Wildman–Crippen LogP) is 1.41. The lowest BCUT2D eigenvalue weighted by Gasteiger charge is -2.11. The molecule has 1 heterocycles. The van der Waals surface area contributed by atoms with Gasteiger partial charge in [0, 0.05) is 11.1 Å². The highest BCUT2D eigenvalue weighted by Gasteiger charge is 2.28. The zero-order valence-electron chi connectivity index (χ0n) is 10.8. The summed E-state index contributed by atoms with van der Waals surface area (Å²) in [5.41, 5.74) is 0. The molecule has 7 heteroatoms. The van der Waals surface area contributed by atoms with Crippen LogP contribution in [0.15, 0.2) is 24.3 Å². The number of carbonyl (C=O) groups is 1. The second kappa shape index (κ2) is 6.45. The summed E-state index contributed by atoms with van der Waals surface area (Å²) in [6.45, 7) is 0.228. The number of hydrogen-bond acceptors (Lipinski definition) is 4. The van der Waals surface area contributed by atoms with Crippen LogP contribution < -0.4 is 10.1 Å². The number of nitrogens with one attached hydrogen (secondary N) is 1. The van der Waals surface area contributed by atoms with E-state index in [-0.39, 0.29) is 36.5 Å². The lowest BCUT2D eigenvalue weighted by Crippen LogP contribution is -2.36. The van der Waals surface area contributed by atoms with E-state index in [1.165, 1.54) is 0 Å². The summed E-state index contributed by atoms with van der Waals surface area (Å²) in [6, 6.07) is 6.66. The molecule has 0 saturated carbocycles. The second-order valence-electron chi connectivity index (χ2n) is 4.72. The normalized spacial score (nSPS) is 20.6. The molecule has 1 aliphatic rings. The van der Waals surface area contributed by atoms with Gasteiger partial charge in [-0.1, -0.05) is 17.7 Å². The summed E-state index contributed by atoms with van der Waals surface area (Å²) in [6.07, 6.45) is 0.673. The summed E-state index contributed by atoms with van der Waals surface area (Å²) in [5, 5.41) is 3.28. The van der Waals surface area contributed by atoms with Crippen LogP contribution in [0.2, 0.25) is 5.02 Å². The molecule has 110 valence electrons. The van der Waals surface area contributed by atoms with Crippen molar-refractivity contribution in [3.8, 4) is 5.75 Å². The SMILES string of the molecule is O=C(CCOc1cccc(Cl)c1)N[C@@H]1CCS(=O)(=O)C1. The molecule has 1 atom stereocenters. The highest BCUT2D eigenvalue weighted by atomic mass is 35.5. The lowest BCUT2D eigenvalue weighted by atomic mass is 10.2. The Hall–Kier alpha value is -1.27. The molecule has 1 saturated heterocycles. The van der Waals surface area contributed by atoms with Crippen molar-refractivity contribution in [3.63, 3.8) is 0 Å². The monoisotopic (exact) mass is 317 g/mol. The fraction of sp³-hybridized carbons (Fsp3) is 0.462. The van der Waals surface area contributed by atoms with Crippen molar-refractivity contribution in [3.05, 3.63) is 29.3 Å². The maximum Gasteiger partial charge on any atom is 0.223 e. The third-order valence-corrected chi connectivity index (χ3v) is 4.99. The topological polar surface area (TPSA) is 72.5 Å². The molecule has 0 unspecified atom stereocenters. The number of rotatable bonds is 5. The summed E-state index contributed by atoms with van der Waals surface area (Å²) < 4.78 is 27.9. The van der Waals surface area contributed by atoms with Crippen LogP contribution in [0.1, 0.15) is 12.8 Å². The smallest absolute Gasteiger partial charge is 0.223 e. The Morgan fingerprint density at radius 1 is 1.45 bits per heavy atom. The first-order valence-electron chi connectivity index (χ1n) is 6.33. The average molecular weight is 318 g/mol. The van der Waals surface area contributed by atoms with E-state index in [4.69, 9.17) is 16.3 Å². The average Bonchev–Trinajstić information content (AvgIpc) is 2.68. The Balaban J connectivity index is 1.71. The molecule has 1 aromatic carbocycles. The van der Waals surface area contributed by atoms with Gasteiger partial charge < -0.3 is 10.1 Å². The maximum atomic E-state index is 11.7. The molecular weight excluding hydrogens is 302 g/mol. The van der Waals surface area contributed by atoms with E-state index in [9.17, 15) is 13.2 Å². The van der Waals surface area contributed by atoms with Gasteiger partial charge in [-0.3, -0.25) is 4.79 Å². The van der Waals surface area contributed by atoms with Crippen molar-refractivity contribution in [1.29, 1.82) is 0 Å². The molecule has 0 bridgehead atoms. The Morgan fingerprint density at radius 2 is 2.25 bits per heavy atom. The number of ether oxygens (including phenoxy) is 1. The molecule has 5 nitrogen and oxygen atoms in total. The van der Waals surface area contributed by atoms with Crippen molar-refractivity contribution in [1.82, 2.24) is 5.32 Å². The summed E-state index contributed by atoms with van der Waals surface area (Å²) in [4.78, 5) is 11.7. The molecule has 1 aromatic rings. The summed E-state index contributed by atoms with van der Waals surface area (Å²) in [7, 11) is -2.97. The first kappa shape index (κ1) is 15.1. The van der Waals surface area contributed by atoms with E-state index < -0.39 is 9.84 Å². The fourth-order valence-corrected chi connectivity index (χ4v) is 3.88. The minimum atomic E-state index is -2.97. The van der Waals surface area contributed by atoms with Gasteiger partial charge in [0.2, 0.25) is 5.91 Å². The number of sulfone groups is 1. The van der Waals surface area contributed by atoms with Gasteiger partial charge in [-0.2, -0.15) is 0 Å². The lowest BCUT2D eigenvalue weighted by molar-refractivity contribution is -0.122. The molecular formula is C13H16ClNO4S. The number of carbonyl (C=O) groups excluding carboxylic acids is 1. The van der Waals surface area contributed by atoms with Crippen molar-refractivity contribution >= 4 is 27.3 Å². The molecule has 1 N–H and O–H groups in total.